The smallest absolute Gasteiger partial charge is 0.448 e. The van der Waals surface area contributed by atoms with Crippen LogP contribution in [0.1, 0.15) is 13.3 Å². The van der Waals surface area contributed by atoms with Gasteiger partial charge in [0.2, 0.25) is 0 Å². The van der Waals surface area contributed by atoms with E-state index < -0.39 is 13.4 Å². The van der Waals surface area contributed by atoms with Crippen LogP contribution >= 0.6 is 0 Å². The molecule has 0 bridgehead atoms. The van der Waals surface area contributed by atoms with Crippen molar-refractivity contribution in [3.63, 3.8) is 0 Å². The van der Waals surface area contributed by atoms with Crippen LogP contribution in [0.5, 0.6) is 0 Å². The Morgan fingerprint density at radius 1 is 1.33 bits per heavy atom. The van der Waals surface area contributed by atoms with Gasteiger partial charge in [0.1, 0.15) is 0 Å². The molecule has 0 rings (SSSR count). The Hall–Kier alpha value is -0.185. The normalized spacial score (nSPS) is 12.0. The summed E-state index contributed by atoms with van der Waals surface area (Å²) in [6, 6.07) is 0. The van der Waals surface area contributed by atoms with Crippen molar-refractivity contribution in [3.05, 3.63) is 0 Å². The van der Waals surface area contributed by atoms with Crippen LogP contribution in [-0.4, -0.2) is 20.0 Å². The molecule has 0 aliphatic rings. The Balaban J connectivity index is 3.07. The lowest BCUT2D eigenvalue weighted by Crippen LogP contribution is -2.34. The maximum Gasteiger partial charge on any atom is 0.491 e. The molecule has 0 aliphatic carbocycles. The molecule has 9 heavy (non-hydrogen) atoms. The maximum atomic E-state index is 11.4. The lowest BCUT2D eigenvalue weighted by molar-refractivity contribution is 0.456. The molecule has 0 spiro atoms. The quantitative estimate of drug-likeness (QED) is 0.459. The van der Waals surface area contributed by atoms with Gasteiger partial charge in [0.15, 0.2) is 0 Å². The van der Waals surface area contributed by atoms with E-state index in [1.807, 2.05) is 6.92 Å². The lowest BCUT2D eigenvalue weighted by atomic mass is 9.92. The van der Waals surface area contributed by atoms with E-state index in [4.69, 9.17) is 0 Å². The van der Waals surface area contributed by atoms with E-state index in [0.29, 0.717) is 6.54 Å². The molecule has 0 aromatic heterocycles. The van der Waals surface area contributed by atoms with E-state index >= 15 is 0 Å². The summed E-state index contributed by atoms with van der Waals surface area (Å²) >= 11 is 0. The highest BCUT2D eigenvalue weighted by Gasteiger charge is 2.21. The number of hydrogen-bond acceptors (Lipinski definition) is 1. The van der Waals surface area contributed by atoms with Crippen LogP contribution in [-0.2, 0) is 0 Å². The van der Waals surface area contributed by atoms with Crippen LogP contribution in [0.25, 0.3) is 0 Å². The van der Waals surface area contributed by atoms with Gasteiger partial charge < -0.3 is 18.3 Å². The van der Waals surface area contributed by atoms with Gasteiger partial charge in [-0.15, -0.1) is 0 Å². The zero-order valence-corrected chi connectivity index (χ0v) is 5.33. The number of nitrogens with one attached hydrogen (secondary N) is 1. The highest BCUT2D eigenvalue weighted by Crippen LogP contribution is 2.04. The Labute approximate surface area is 52.7 Å². The van der Waals surface area contributed by atoms with Crippen molar-refractivity contribution in [1.82, 2.24) is 5.32 Å². The second-order valence-corrected chi connectivity index (χ2v) is 1.91. The third-order valence-electron chi connectivity index (χ3n) is 0.803. The second kappa shape index (κ2) is 3.77. The number of halogens is 3. The summed E-state index contributed by atoms with van der Waals surface area (Å²) in [7, 11) is 0. The summed E-state index contributed by atoms with van der Waals surface area (Å²) in [6.07, 6.45) is -0.0694. The second-order valence-electron chi connectivity index (χ2n) is 1.91. The summed E-state index contributed by atoms with van der Waals surface area (Å²) in [6.45, 7) is -2.35. The van der Waals surface area contributed by atoms with Crippen molar-refractivity contribution in [2.75, 3.05) is 13.0 Å². The summed E-state index contributed by atoms with van der Waals surface area (Å²) < 4.78 is 34.1. The molecule has 0 aliphatic heterocycles. The first-order valence-corrected chi connectivity index (χ1v) is 2.98. The van der Waals surface area contributed by atoms with Gasteiger partial charge in [0, 0.05) is 0 Å². The molecule has 0 unspecified atom stereocenters. The van der Waals surface area contributed by atoms with Crippen LogP contribution in [0.2, 0.25) is 0 Å². The van der Waals surface area contributed by atoms with Gasteiger partial charge in [-0.2, -0.15) is 0 Å². The van der Waals surface area contributed by atoms with Crippen molar-refractivity contribution in [2.45, 2.75) is 13.3 Å². The van der Waals surface area contributed by atoms with Crippen molar-refractivity contribution in [1.29, 1.82) is 0 Å². The molecule has 0 fully saturated rings. The van der Waals surface area contributed by atoms with Gasteiger partial charge in [0.05, 0.1) is 0 Å². The van der Waals surface area contributed by atoms with Crippen LogP contribution in [0.15, 0.2) is 0 Å². The van der Waals surface area contributed by atoms with Gasteiger partial charge in [-0.05, 0) is 19.4 Å². The molecule has 56 valence electrons. The fourth-order valence-corrected chi connectivity index (χ4v) is 0.443. The van der Waals surface area contributed by atoms with Crippen LogP contribution < -0.4 is 5.32 Å². The van der Waals surface area contributed by atoms with Gasteiger partial charge in [0.25, 0.3) is 0 Å². The molecule has 0 radical (unpaired) electrons. The zero-order chi connectivity index (χ0) is 7.33. The Morgan fingerprint density at radius 2 is 1.89 bits per heavy atom. The number of hydrogen-bond donors (Lipinski definition) is 1. The van der Waals surface area contributed by atoms with E-state index in [1.165, 1.54) is 0 Å². The molecule has 0 atom stereocenters. The van der Waals surface area contributed by atoms with E-state index in [0.717, 1.165) is 6.42 Å². The molecule has 0 heterocycles. The maximum absolute atomic E-state index is 11.4. The first-order chi connectivity index (χ1) is 4.06. The summed E-state index contributed by atoms with van der Waals surface area (Å²) in [5.74, 6) is 0. The van der Waals surface area contributed by atoms with Crippen LogP contribution in [0.3, 0.4) is 0 Å². The van der Waals surface area contributed by atoms with E-state index in [-0.39, 0.29) is 0 Å². The minimum atomic E-state index is -4.62. The SMILES string of the molecule is CCCNC[B-](F)(F)F. The molecular weight excluding hydrogens is 130 g/mol. The number of rotatable bonds is 4. The third kappa shape index (κ3) is 7.81. The first kappa shape index (κ1) is 8.81. The summed E-state index contributed by atoms with van der Waals surface area (Å²) in [5, 5.41) is 2.28. The molecule has 0 aromatic rings. The molecule has 0 amide bonds. The monoisotopic (exact) mass is 140 g/mol. The van der Waals surface area contributed by atoms with E-state index in [2.05, 4.69) is 5.32 Å². The third-order valence-corrected chi connectivity index (χ3v) is 0.803. The molecule has 0 aromatic carbocycles. The minimum Gasteiger partial charge on any atom is -0.448 e. The molecular formula is C4H10BF3N-. The van der Waals surface area contributed by atoms with Gasteiger partial charge in [-0.25, -0.2) is 0 Å². The molecule has 5 heteroatoms. The van der Waals surface area contributed by atoms with Crippen molar-refractivity contribution < 1.29 is 12.9 Å². The van der Waals surface area contributed by atoms with Crippen LogP contribution in [0, 0.1) is 0 Å². The fourth-order valence-electron chi connectivity index (χ4n) is 0.443. The lowest BCUT2D eigenvalue weighted by Gasteiger charge is -2.13. The van der Waals surface area contributed by atoms with Crippen molar-refractivity contribution in [3.8, 4) is 0 Å². The Bertz CT molecular complexity index is 72.7. The van der Waals surface area contributed by atoms with E-state index in [9.17, 15) is 12.9 Å². The highest BCUT2D eigenvalue weighted by molar-refractivity contribution is 6.58. The average molecular weight is 140 g/mol. The largest absolute Gasteiger partial charge is 0.491 e. The van der Waals surface area contributed by atoms with Crippen molar-refractivity contribution >= 4 is 6.98 Å². The van der Waals surface area contributed by atoms with Gasteiger partial charge in [-0.3, -0.25) is 0 Å². The zero-order valence-electron chi connectivity index (χ0n) is 5.33. The van der Waals surface area contributed by atoms with Gasteiger partial charge >= 0.3 is 6.98 Å². The Morgan fingerprint density at radius 3 is 2.22 bits per heavy atom. The standard InChI is InChI=1S/C4H10BF3N/c1-2-3-9-4-5(6,7)8/h9H,2-4H2,1H3/q-1. The Kier molecular flexibility index (Phi) is 3.69. The molecule has 1 N–H and O–H groups in total. The predicted octanol–water partition coefficient (Wildman–Crippen LogP) is 1.37. The minimum absolute atomic E-state index is 0.446. The van der Waals surface area contributed by atoms with Crippen molar-refractivity contribution in [2.24, 2.45) is 0 Å². The molecule has 0 saturated carbocycles. The highest BCUT2D eigenvalue weighted by atomic mass is 19.4. The summed E-state index contributed by atoms with van der Waals surface area (Å²) in [4.78, 5) is 0. The van der Waals surface area contributed by atoms with Gasteiger partial charge in [-0.1, -0.05) is 6.92 Å². The fraction of sp³-hybridized carbons (Fsp3) is 1.00. The van der Waals surface area contributed by atoms with E-state index in [1.54, 1.807) is 0 Å². The molecule has 1 nitrogen and oxygen atoms in total. The molecule has 0 saturated heterocycles. The predicted molar refractivity (Wildman–Crippen MR) is 32.2 cm³/mol. The average Bonchev–Trinajstić information content (AvgIpc) is 1.63. The first-order valence-electron chi connectivity index (χ1n) is 2.98. The summed E-state index contributed by atoms with van der Waals surface area (Å²) in [5.41, 5.74) is 0. The topological polar surface area (TPSA) is 12.0 Å². The van der Waals surface area contributed by atoms with Crippen LogP contribution in [0.4, 0.5) is 12.9 Å².